The first kappa shape index (κ1) is 15.8. The molecule has 0 spiro atoms. The van der Waals surface area contributed by atoms with Crippen LogP contribution in [0, 0.1) is 0 Å². The number of nitrogens with zero attached hydrogens (tertiary/aromatic N) is 1. The molecule has 0 radical (unpaired) electrons. The van der Waals surface area contributed by atoms with Crippen molar-refractivity contribution in [1.29, 1.82) is 0 Å². The van der Waals surface area contributed by atoms with Gasteiger partial charge >= 0.3 is 0 Å². The van der Waals surface area contributed by atoms with Gasteiger partial charge in [0, 0.05) is 34.2 Å². The number of alkyl halides is 1. The summed E-state index contributed by atoms with van der Waals surface area (Å²) < 4.78 is 0. The minimum Gasteiger partial charge on any atom is -0.369 e. The first-order chi connectivity index (χ1) is 8.61. The van der Waals surface area contributed by atoms with Crippen molar-refractivity contribution in [2.24, 2.45) is 0 Å². The number of hydrogen-bond acceptors (Lipinski definition) is 1. The van der Waals surface area contributed by atoms with E-state index in [1.54, 1.807) is 0 Å². The number of unbranched alkanes of at least 4 members (excludes halogenated alkanes) is 2. The molecule has 0 unspecified atom stereocenters. The summed E-state index contributed by atoms with van der Waals surface area (Å²) in [6.07, 6.45) is 3.78. The van der Waals surface area contributed by atoms with Crippen LogP contribution in [0.3, 0.4) is 0 Å². The van der Waals surface area contributed by atoms with Gasteiger partial charge in [0.15, 0.2) is 0 Å². The Morgan fingerprint density at radius 3 is 2.56 bits per heavy atom. The van der Waals surface area contributed by atoms with Crippen LogP contribution in [0.5, 0.6) is 0 Å². The van der Waals surface area contributed by atoms with Crippen LogP contribution in [-0.2, 0) is 5.33 Å². The zero-order valence-electron chi connectivity index (χ0n) is 11.5. The van der Waals surface area contributed by atoms with Crippen molar-refractivity contribution in [2.75, 3.05) is 11.4 Å². The summed E-state index contributed by atoms with van der Waals surface area (Å²) in [6.45, 7) is 7.82. The summed E-state index contributed by atoms with van der Waals surface area (Å²) in [7, 11) is 0. The summed E-state index contributed by atoms with van der Waals surface area (Å²) in [5.74, 6) is 0. The van der Waals surface area contributed by atoms with Crippen molar-refractivity contribution in [1.82, 2.24) is 0 Å². The second-order valence-electron chi connectivity index (χ2n) is 4.87. The summed E-state index contributed by atoms with van der Waals surface area (Å²) >= 11 is 9.83. The first-order valence-electron chi connectivity index (χ1n) is 6.71. The van der Waals surface area contributed by atoms with E-state index in [1.807, 2.05) is 12.1 Å². The van der Waals surface area contributed by atoms with Gasteiger partial charge in [-0.3, -0.25) is 0 Å². The fraction of sp³-hybridized carbons (Fsp3) is 0.600. The smallest absolute Gasteiger partial charge is 0.0467 e. The Morgan fingerprint density at radius 1 is 1.28 bits per heavy atom. The molecule has 102 valence electrons. The van der Waals surface area contributed by atoms with Gasteiger partial charge in [-0.25, -0.2) is 0 Å². The largest absolute Gasteiger partial charge is 0.369 e. The maximum atomic E-state index is 6.28. The third-order valence-corrected chi connectivity index (χ3v) is 4.08. The molecule has 1 aromatic carbocycles. The highest BCUT2D eigenvalue weighted by Gasteiger charge is 2.15. The first-order valence-corrected chi connectivity index (χ1v) is 8.21. The van der Waals surface area contributed by atoms with E-state index in [1.165, 1.54) is 30.5 Å². The van der Waals surface area contributed by atoms with Crippen molar-refractivity contribution in [3.63, 3.8) is 0 Å². The van der Waals surface area contributed by atoms with Gasteiger partial charge in [0.25, 0.3) is 0 Å². The lowest BCUT2D eigenvalue weighted by molar-refractivity contribution is 0.625. The van der Waals surface area contributed by atoms with Gasteiger partial charge in [-0.05, 0) is 32.4 Å². The highest BCUT2D eigenvalue weighted by molar-refractivity contribution is 9.08. The van der Waals surface area contributed by atoms with Gasteiger partial charge in [0.1, 0.15) is 0 Å². The number of hydrogen-bond donors (Lipinski definition) is 0. The summed E-state index contributed by atoms with van der Waals surface area (Å²) in [4.78, 5) is 2.46. The molecule has 0 N–H and O–H groups in total. The van der Waals surface area contributed by atoms with Crippen molar-refractivity contribution in [3.05, 3.63) is 28.8 Å². The predicted octanol–water partition coefficient (Wildman–Crippen LogP) is 5.64. The van der Waals surface area contributed by atoms with Gasteiger partial charge in [-0.15, -0.1) is 0 Å². The molecule has 18 heavy (non-hydrogen) atoms. The third-order valence-electron chi connectivity index (χ3n) is 3.16. The molecule has 0 atom stereocenters. The fourth-order valence-corrected chi connectivity index (χ4v) is 3.12. The minimum absolute atomic E-state index is 0.498. The van der Waals surface area contributed by atoms with Crippen LogP contribution in [0.1, 0.15) is 45.6 Å². The van der Waals surface area contributed by atoms with Gasteiger partial charge in [-0.2, -0.15) is 0 Å². The van der Waals surface area contributed by atoms with E-state index in [0.717, 1.165) is 16.9 Å². The second kappa shape index (κ2) is 8.06. The highest BCUT2D eigenvalue weighted by Crippen LogP contribution is 2.31. The SMILES string of the molecule is CCCCCN(c1cccc(Cl)c1CBr)C(C)C. The van der Waals surface area contributed by atoms with Crippen molar-refractivity contribution < 1.29 is 0 Å². The summed E-state index contributed by atoms with van der Waals surface area (Å²) in [5, 5.41) is 1.66. The average molecular weight is 333 g/mol. The normalized spacial score (nSPS) is 11.0. The molecule has 0 saturated carbocycles. The Bertz CT molecular complexity index is 366. The van der Waals surface area contributed by atoms with Crippen LogP contribution in [0.2, 0.25) is 5.02 Å². The number of rotatable bonds is 7. The topological polar surface area (TPSA) is 3.24 Å². The average Bonchev–Trinajstić information content (AvgIpc) is 2.34. The molecule has 0 aromatic heterocycles. The Kier molecular flexibility index (Phi) is 7.10. The molecule has 0 aliphatic rings. The van der Waals surface area contributed by atoms with Gasteiger partial charge < -0.3 is 4.90 Å². The molecule has 0 heterocycles. The van der Waals surface area contributed by atoms with Crippen molar-refractivity contribution in [2.45, 2.75) is 51.4 Å². The quantitative estimate of drug-likeness (QED) is 0.461. The molecule has 1 aromatic rings. The maximum Gasteiger partial charge on any atom is 0.0467 e. The lowest BCUT2D eigenvalue weighted by Gasteiger charge is -2.31. The Balaban J connectivity index is 2.94. The number of halogens is 2. The molecule has 0 saturated heterocycles. The number of anilines is 1. The molecule has 3 heteroatoms. The summed E-state index contributed by atoms with van der Waals surface area (Å²) in [5.41, 5.74) is 2.47. The molecule has 1 rings (SSSR count). The van der Waals surface area contributed by atoms with Crippen molar-refractivity contribution in [3.8, 4) is 0 Å². The monoisotopic (exact) mass is 331 g/mol. The fourth-order valence-electron chi connectivity index (χ4n) is 2.14. The van der Waals surface area contributed by atoms with E-state index >= 15 is 0 Å². The van der Waals surface area contributed by atoms with Crippen LogP contribution in [0.25, 0.3) is 0 Å². The molecular weight excluding hydrogens is 310 g/mol. The van der Waals surface area contributed by atoms with Crippen LogP contribution in [0.4, 0.5) is 5.69 Å². The van der Waals surface area contributed by atoms with E-state index in [9.17, 15) is 0 Å². The second-order valence-corrected chi connectivity index (χ2v) is 5.83. The maximum absolute atomic E-state index is 6.28. The zero-order chi connectivity index (χ0) is 13.5. The van der Waals surface area contributed by atoms with Gasteiger partial charge in [0.2, 0.25) is 0 Å². The Hall–Kier alpha value is -0.210. The third kappa shape index (κ3) is 4.17. The van der Waals surface area contributed by atoms with Crippen LogP contribution < -0.4 is 4.90 Å². The van der Waals surface area contributed by atoms with Crippen LogP contribution in [-0.4, -0.2) is 12.6 Å². The Labute approximate surface area is 125 Å². The van der Waals surface area contributed by atoms with Crippen molar-refractivity contribution >= 4 is 33.2 Å². The van der Waals surface area contributed by atoms with Crippen LogP contribution >= 0.6 is 27.5 Å². The molecule has 0 aliphatic heterocycles. The zero-order valence-corrected chi connectivity index (χ0v) is 13.9. The molecular formula is C15H23BrClN. The molecule has 0 fully saturated rings. The van der Waals surface area contributed by atoms with E-state index < -0.39 is 0 Å². The van der Waals surface area contributed by atoms with E-state index in [0.29, 0.717) is 6.04 Å². The van der Waals surface area contributed by atoms with E-state index in [2.05, 4.69) is 47.7 Å². The van der Waals surface area contributed by atoms with E-state index in [4.69, 9.17) is 11.6 Å². The minimum atomic E-state index is 0.498. The molecule has 0 amide bonds. The Morgan fingerprint density at radius 2 is 2.00 bits per heavy atom. The molecule has 0 bridgehead atoms. The van der Waals surface area contributed by atoms with Gasteiger partial charge in [-0.1, -0.05) is 53.4 Å². The molecule has 0 aliphatic carbocycles. The van der Waals surface area contributed by atoms with Gasteiger partial charge in [0.05, 0.1) is 0 Å². The number of benzene rings is 1. The van der Waals surface area contributed by atoms with E-state index in [-0.39, 0.29) is 0 Å². The standard InChI is InChI=1S/C15H23BrClN/c1-4-5-6-10-18(12(2)3)15-9-7-8-14(17)13(15)11-16/h7-9,12H,4-6,10-11H2,1-3H3. The predicted molar refractivity (Wildman–Crippen MR) is 86.1 cm³/mol. The summed E-state index contributed by atoms with van der Waals surface area (Å²) in [6, 6.07) is 6.68. The highest BCUT2D eigenvalue weighted by atomic mass is 79.9. The van der Waals surface area contributed by atoms with Crippen LogP contribution in [0.15, 0.2) is 18.2 Å². The molecule has 1 nitrogen and oxygen atoms in total. The lowest BCUT2D eigenvalue weighted by Crippen LogP contribution is -2.32. The lowest BCUT2D eigenvalue weighted by atomic mass is 10.1.